The van der Waals surface area contributed by atoms with Crippen LogP contribution in [0.5, 0.6) is 0 Å². The van der Waals surface area contributed by atoms with Gasteiger partial charge >= 0.3 is 12.3 Å². The molecule has 170 valence electrons. The maximum absolute atomic E-state index is 12.9. The monoisotopic (exact) mass is 440 g/mol. The lowest BCUT2D eigenvalue weighted by Crippen LogP contribution is -2.40. The fraction of sp³-hybridized carbons (Fsp3) is 0.571. The highest BCUT2D eigenvalue weighted by Gasteiger charge is 2.31. The molecule has 0 unspecified atom stereocenters. The van der Waals surface area contributed by atoms with E-state index in [4.69, 9.17) is 9.26 Å². The third-order valence-corrected chi connectivity index (χ3v) is 4.92. The highest BCUT2D eigenvalue weighted by atomic mass is 19.4. The van der Waals surface area contributed by atoms with Gasteiger partial charge in [0.2, 0.25) is 11.7 Å². The molecule has 1 fully saturated rings. The smallest absolute Gasteiger partial charge is 0.416 e. The van der Waals surface area contributed by atoms with Crippen LogP contribution in [-0.2, 0) is 17.5 Å². The molecule has 10 heteroatoms. The van der Waals surface area contributed by atoms with Gasteiger partial charge in [0.05, 0.1) is 12.1 Å². The van der Waals surface area contributed by atoms with Crippen molar-refractivity contribution in [2.45, 2.75) is 51.9 Å². The lowest BCUT2D eigenvalue weighted by molar-refractivity contribution is -0.137. The summed E-state index contributed by atoms with van der Waals surface area (Å²) in [6.07, 6.45) is -3.05. The second kappa shape index (κ2) is 9.25. The number of hydrogen-bond acceptors (Lipinski definition) is 6. The van der Waals surface area contributed by atoms with E-state index in [9.17, 15) is 18.0 Å². The Labute approximate surface area is 178 Å². The number of carbonyl (C=O) groups is 1. The number of nitrogens with zero attached hydrogens (tertiary/aromatic N) is 3. The van der Waals surface area contributed by atoms with Crippen molar-refractivity contribution >= 4 is 6.09 Å². The molecule has 1 saturated heterocycles. The summed E-state index contributed by atoms with van der Waals surface area (Å²) in [6.45, 7) is 8.04. The van der Waals surface area contributed by atoms with Gasteiger partial charge in [-0.2, -0.15) is 18.2 Å². The fourth-order valence-electron chi connectivity index (χ4n) is 3.35. The highest BCUT2D eigenvalue weighted by Crippen LogP contribution is 2.31. The first-order chi connectivity index (χ1) is 14.5. The predicted molar refractivity (Wildman–Crippen MR) is 107 cm³/mol. The normalized spacial score (nSPS) is 16.3. The van der Waals surface area contributed by atoms with Crippen LogP contribution in [-0.4, -0.2) is 46.4 Å². The number of piperidine rings is 1. The average Bonchev–Trinajstić information content (AvgIpc) is 3.14. The summed E-state index contributed by atoms with van der Waals surface area (Å²) in [5.74, 6) is 0.849. The standard InChI is InChI=1S/C21H27F3N4O3/c1-20(2,3)30-19(29)25-12-14-7-9-28(10-8-14)13-17-26-18(27-31-17)15-5-4-6-16(11-15)21(22,23)24/h4-6,11,14H,7-10,12-13H2,1-3H3,(H,25,29). The Balaban J connectivity index is 1.48. The number of amides is 1. The molecular weight excluding hydrogens is 413 g/mol. The Kier molecular flexibility index (Phi) is 6.88. The van der Waals surface area contributed by atoms with Crippen LogP contribution in [0.1, 0.15) is 45.1 Å². The number of alkyl halides is 3. The van der Waals surface area contributed by atoms with Gasteiger partial charge in [-0.15, -0.1) is 0 Å². The van der Waals surface area contributed by atoms with Crippen LogP contribution >= 0.6 is 0 Å². The van der Waals surface area contributed by atoms with Crippen LogP contribution < -0.4 is 5.32 Å². The summed E-state index contributed by atoms with van der Waals surface area (Å²) >= 11 is 0. The summed E-state index contributed by atoms with van der Waals surface area (Å²) in [5, 5.41) is 6.64. The predicted octanol–water partition coefficient (Wildman–Crippen LogP) is 4.49. The number of nitrogens with one attached hydrogen (secondary N) is 1. The van der Waals surface area contributed by atoms with Crippen molar-refractivity contribution < 1.29 is 27.2 Å². The number of benzene rings is 1. The maximum atomic E-state index is 12.9. The Morgan fingerprint density at radius 2 is 1.97 bits per heavy atom. The lowest BCUT2D eigenvalue weighted by Gasteiger charge is -2.31. The van der Waals surface area contributed by atoms with Crippen LogP contribution in [0.25, 0.3) is 11.4 Å². The fourth-order valence-corrected chi connectivity index (χ4v) is 3.35. The molecule has 0 bridgehead atoms. The van der Waals surface area contributed by atoms with Crippen LogP contribution in [0, 0.1) is 5.92 Å². The summed E-state index contributed by atoms with van der Waals surface area (Å²) < 4.78 is 49.2. The minimum absolute atomic E-state index is 0.137. The zero-order valence-electron chi connectivity index (χ0n) is 17.8. The molecule has 2 aromatic rings. The second-order valence-corrected chi connectivity index (χ2v) is 8.69. The van der Waals surface area contributed by atoms with E-state index in [1.165, 1.54) is 12.1 Å². The van der Waals surface area contributed by atoms with E-state index in [-0.39, 0.29) is 11.4 Å². The quantitative estimate of drug-likeness (QED) is 0.738. The van der Waals surface area contributed by atoms with Gasteiger partial charge in [-0.25, -0.2) is 4.79 Å². The van der Waals surface area contributed by atoms with Gasteiger partial charge in [-0.3, -0.25) is 4.90 Å². The molecule has 0 spiro atoms. The Morgan fingerprint density at radius 3 is 2.61 bits per heavy atom. The van der Waals surface area contributed by atoms with Gasteiger partial charge in [0.25, 0.3) is 0 Å². The molecule has 1 aromatic heterocycles. The molecular formula is C21H27F3N4O3. The summed E-state index contributed by atoms with van der Waals surface area (Å²) in [4.78, 5) is 18.2. The van der Waals surface area contributed by atoms with Crippen molar-refractivity contribution in [3.63, 3.8) is 0 Å². The van der Waals surface area contributed by atoms with Gasteiger partial charge in [0.15, 0.2) is 0 Å². The van der Waals surface area contributed by atoms with Crippen LogP contribution in [0.4, 0.5) is 18.0 Å². The molecule has 0 aliphatic carbocycles. The first-order valence-corrected chi connectivity index (χ1v) is 10.2. The van der Waals surface area contributed by atoms with Crippen LogP contribution in [0.15, 0.2) is 28.8 Å². The van der Waals surface area contributed by atoms with Crippen molar-refractivity contribution in [2.75, 3.05) is 19.6 Å². The Hall–Kier alpha value is -2.62. The molecule has 1 amide bonds. The molecule has 31 heavy (non-hydrogen) atoms. The highest BCUT2D eigenvalue weighted by molar-refractivity contribution is 5.67. The number of ether oxygens (including phenoxy) is 1. The van der Waals surface area contributed by atoms with Crippen LogP contribution in [0.3, 0.4) is 0 Å². The average molecular weight is 440 g/mol. The Bertz CT molecular complexity index is 884. The number of halogens is 3. The maximum Gasteiger partial charge on any atom is 0.416 e. The van der Waals surface area contributed by atoms with Crippen molar-refractivity contribution in [3.8, 4) is 11.4 Å². The van der Waals surface area contributed by atoms with E-state index < -0.39 is 23.4 Å². The van der Waals surface area contributed by atoms with Crippen molar-refractivity contribution in [3.05, 3.63) is 35.7 Å². The number of aromatic nitrogens is 2. The van der Waals surface area contributed by atoms with Crippen molar-refractivity contribution in [2.24, 2.45) is 5.92 Å². The third kappa shape index (κ3) is 6.95. The minimum Gasteiger partial charge on any atom is -0.444 e. The van der Waals surface area contributed by atoms with E-state index in [1.54, 1.807) is 0 Å². The van der Waals surface area contributed by atoms with E-state index in [1.807, 2.05) is 20.8 Å². The largest absolute Gasteiger partial charge is 0.444 e. The molecule has 1 aliphatic rings. The van der Waals surface area contributed by atoms with E-state index in [2.05, 4.69) is 20.4 Å². The zero-order chi connectivity index (χ0) is 22.6. The number of alkyl carbamates (subject to hydrolysis) is 1. The third-order valence-electron chi connectivity index (χ3n) is 4.92. The molecule has 1 N–H and O–H groups in total. The summed E-state index contributed by atoms with van der Waals surface area (Å²) in [6, 6.07) is 4.86. The zero-order valence-corrected chi connectivity index (χ0v) is 17.8. The van der Waals surface area contributed by atoms with E-state index in [0.717, 1.165) is 38.1 Å². The minimum atomic E-state index is -4.43. The molecule has 3 rings (SSSR count). The van der Waals surface area contributed by atoms with Gasteiger partial charge in [-0.05, 0) is 64.8 Å². The molecule has 0 saturated carbocycles. The number of likely N-dealkylation sites (tertiary alicyclic amines) is 1. The second-order valence-electron chi connectivity index (χ2n) is 8.69. The topological polar surface area (TPSA) is 80.5 Å². The number of rotatable bonds is 5. The van der Waals surface area contributed by atoms with Crippen LogP contribution in [0.2, 0.25) is 0 Å². The molecule has 0 atom stereocenters. The van der Waals surface area contributed by atoms with Crippen molar-refractivity contribution in [1.82, 2.24) is 20.4 Å². The van der Waals surface area contributed by atoms with Gasteiger partial charge in [0.1, 0.15) is 5.60 Å². The molecule has 1 aromatic carbocycles. The lowest BCUT2D eigenvalue weighted by atomic mass is 9.97. The molecule has 7 nitrogen and oxygen atoms in total. The number of hydrogen-bond donors (Lipinski definition) is 1. The van der Waals surface area contributed by atoms with Gasteiger partial charge < -0.3 is 14.6 Å². The first kappa shape index (κ1) is 23.1. The van der Waals surface area contributed by atoms with Crippen molar-refractivity contribution in [1.29, 1.82) is 0 Å². The molecule has 1 aliphatic heterocycles. The summed E-state index contributed by atoms with van der Waals surface area (Å²) in [7, 11) is 0. The molecule has 2 heterocycles. The van der Waals surface area contributed by atoms with E-state index >= 15 is 0 Å². The SMILES string of the molecule is CC(C)(C)OC(=O)NCC1CCN(Cc2nc(-c3cccc(C(F)(F)F)c3)no2)CC1. The summed E-state index contributed by atoms with van der Waals surface area (Å²) in [5.41, 5.74) is -1.01. The number of carbonyl (C=O) groups excluding carboxylic acids is 1. The van der Waals surface area contributed by atoms with Gasteiger partial charge in [0, 0.05) is 12.1 Å². The first-order valence-electron chi connectivity index (χ1n) is 10.2. The molecule has 0 radical (unpaired) electrons. The Morgan fingerprint density at radius 1 is 1.26 bits per heavy atom. The van der Waals surface area contributed by atoms with E-state index in [0.29, 0.717) is 24.9 Å². The van der Waals surface area contributed by atoms with Gasteiger partial charge in [-0.1, -0.05) is 17.3 Å².